The minimum absolute atomic E-state index is 0.143. The van der Waals surface area contributed by atoms with Crippen molar-refractivity contribution in [1.82, 2.24) is 10.2 Å². The molecule has 0 saturated heterocycles. The second-order valence-corrected chi connectivity index (χ2v) is 6.05. The molecule has 25 heavy (non-hydrogen) atoms. The standard InChI is InChI=1S/C17H5F4N3S/c18-12-10-9(5-22)23-24-16(11(10)13(19)15(21)14(12)20)17-8-4-2-1-3-7(8)6-25-17/h1-4,6H. The average Bonchev–Trinajstić information content (AvgIpc) is 3.07. The van der Waals surface area contributed by atoms with Gasteiger partial charge < -0.3 is 0 Å². The van der Waals surface area contributed by atoms with Crippen LogP contribution in [0.3, 0.4) is 0 Å². The molecule has 0 fully saturated rings. The van der Waals surface area contributed by atoms with E-state index in [1.165, 1.54) is 17.4 Å². The van der Waals surface area contributed by atoms with Crippen LogP contribution in [0.1, 0.15) is 5.69 Å². The first kappa shape index (κ1) is 15.5. The molecule has 0 aliphatic heterocycles. The van der Waals surface area contributed by atoms with E-state index in [9.17, 15) is 17.6 Å². The van der Waals surface area contributed by atoms with Crippen LogP contribution in [-0.4, -0.2) is 10.2 Å². The zero-order chi connectivity index (χ0) is 17.7. The molecule has 2 aromatic carbocycles. The number of hydrogen-bond donors (Lipinski definition) is 0. The average molecular weight is 359 g/mol. The topological polar surface area (TPSA) is 49.6 Å². The molecule has 2 heterocycles. The molecular formula is C17H5F4N3S. The van der Waals surface area contributed by atoms with Gasteiger partial charge in [0.15, 0.2) is 29.0 Å². The highest BCUT2D eigenvalue weighted by atomic mass is 32.1. The van der Waals surface area contributed by atoms with E-state index in [2.05, 4.69) is 10.2 Å². The van der Waals surface area contributed by atoms with Gasteiger partial charge in [-0.15, -0.1) is 21.5 Å². The van der Waals surface area contributed by atoms with Crippen LogP contribution < -0.4 is 0 Å². The number of fused-ring (bicyclic) bond motifs is 2. The van der Waals surface area contributed by atoms with Gasteiger partial charge in [-0.25, -0.2) is 17.6 Å². The number of benzene rings is 2. The van der Waals surface area contributed by atoms with E-state index in [0.29, 0.717) is 10.3 Å². The molecule has 0 atom stereocenters. The maximum Gasteiger partial charge on any atom is 0.198 e. The zero-order valence-corrected chi connectivity index (χ0v) is 13.0. The Morgan fingerprint density at radius 2 is 1.56 bits per heavy atom. The van der Waals surface area contributed by atoms with Crippen molar-refractivity contribution >= 4 is 32.9 Å². The Morgan fingerprint density at radius 1 is 0.880 bits per heavy atom. The van der Waals surface area contributed by atoms with Crippen LogP contribution in [0, 0.1) is 34.6 Å². The SMILES string of the molecule is N#Cc1nnc(-c2scc3ccccc23)c2c(F)c(F)c(F)c(F)c12. The van der Waals surface area contributed by atoms with Crippen LogP contribution in [0.4, 0.5) is 17.6 Å². The lowest BCUT2D eigenvalue weighted by atomic mass is 10.0. The largest absolute Gasteiger partial charge is 0.203 e. The molecule has 4 aromatic rings. The first-order chi connectivity index (χ1) is 12.0. The Kier molecular flexibility index (Phi) is 3.40. The smallest absolute Gasteiger partial charge is 0.198 e. The lowest BCUT2D eigenvalue weighted by molar-refractivity contribution is 0.417. The fourth-order valence-electron chi connectivity index (χ4n) is 2.69. The Balaban J connectivity index is 2.22. The Morgan fingerprint density at radius 3 is 2.28 bits per heavy atom. The minimum atomic E-state index is -1.99. The molecule has 0 amide bonds. The van der Waals surface area contributed by atoms with Gasteiger partial charge in [-0.2, -0.15) is 5.26 Å². The third-order valence-electron chi connectivity index (χ3n) is 3.82. The molecule has 8 heteroatoms. The van der Waals surface area contributed by atoms with Gasteiger partial charge in [0, 0.05) is 5.39 Å². The van der Waals surface area contributed by atoms with Crippen LogP contribution in [0.25, 0.3) is 32.1 Å². The molecule has 0 spiro atoms. The Hall–Kier alpha value is -3.05. The molecular weight excluding hydrogens is 354 g/mol. The molecule has 0 N–H and O–H groups in total. The van der Waals surface area contributed by atoms with Gasteiger partial charge in [-0.3, -0.25) is 0 Å². The molecule has 0 saturated carbocycles. The summed E-state index contributed by atoms with van der Waals surface area (Å²) in [4.78, 5) is 0.418. The van der Waals surface area contributed by atoms with Gasteiger partial charge in [-0.05, 0) is 10.8 Å². The monoisotopic (exact) mass is 359 g/mol. The highest BCUT2D eigenvalue weighted by Gasteiger charge is 2.27. The number of rotatable bonds is 1. The van der Waals surface area contributed by atoms with Crippen LogP contribution in [0.2, 0.25) is 0 Å². The lowest BCUT2D eigenvalue weighted by Gasteiger charge is -2.09. The predicted octanol–water partition coefficient (Wildman–Crippen LogP) is 4.94. The van der Waals surface area contributed by atoms with Crippen LogP contribution in [0.15, 0.2) is 29.6 Å². The molecule has 4 rings (SSSR count). The molecule has 0 aliphatic rings. The maximum atomic E-state index is 14.5. The van der Waals surface area contributed by atoms with Crippen molar-refractivity contribution in [3.8, 4) is 16.6 Å². The number of thiophene rings is 1. The summed E-state index contributed by atoms with van der Waals surface area (Å²) >= 11 is 1.18. The molecule has 0 unspecified atom stereocenters. The van der Waals surface area contributed by atoms with E-state index in [1.54, 1.807) is 23.6 Å². The van der Waals surface area contributed by atoms with E-state index >= 15 is 0 Å². The molecule has 2 aromatic heterocycles. The fourth-order valence-corrected chi connectivity index (χ4v) is 3.71. The van der Waals surface area contributed by atoms with Gasteiger partial charge in [0.2, 0.25) is 0 Å². The zero-order valence-electron chi connectivity index (χ0n) is 12.1. The summed E-state index contributed by atoms with van der Waals surface area (Å²) in [7, 11) is 0. The van der Waals surface area contributed by atoms with Crippen molar-refractivity contribution in [2.24, 2.45) is 0 Å². The van der Waals surface area contributed by atoms with Crippen molar-refractivity contribution in [3.05, 3.63) is 58.6 Å². The summed E-state index contributed by atoms with van der Waals surface area (Å²) in [6.07, 6.45) is 0. The van der Waals surface area contributed by atoms with E-state index in [4.69, 9.17) is 5.26 Å². The van der Waals surface area contributed by atoms with Crippen molar-refractivity contribution in [3.63, 3.8) is 0 Å². The fraction of sp³-hybridized carbons (Fsp3) is 0. The molecule has 0 bridgehead atoms. The lowest BCUT2D eigenvalue weighted by Crippen LogP contribution is -2.04. The summed E-state index contributed by atoms with van der Waals surface area (Å²) in [5.74, 6) is -7.21. The number of aromatic nitrogens is 2. The van der Waals surface area contributed by atoms with Crippen LogP contribution in [-0.2, 0) is 0 Å². The van der Waals surface area contributed by atoms with E-state index in [-0.39, 0.29) is 5.69 Å². The van der Waals surface area contributed by atoms with Crippen LogP contribution >= 0.6 is 11.3 Å². The summed E-state index contributed by atoms with van der Waals surface area (Å²) in [5, 5.41) is 18.3. The quantitative estimate of drug-likeness (QED) is 0.275. The first-order valence-corrected chi connectivity index (χ1v) is 7.81. The third-order valence-corrected chi connectivity index (χ3v) is 4.84. The molecule has 3 nitrogen and oxygen atoms in total. The molecule has 0 radical (unpaired) electrons. The summed E-state index contributed by atoms with van der Waals surface area (Å²) in [5.41, 5.74) is -0.759. The van der Waals surface area contributed by atoms with E-state index in [1.807, 2.05) is 6.07 Å². The number of hydrogen-bond acceptors (Lipinski definition) is 4. The predicted molar refractivity (Wildman–Crippen MR) is 84.9 cm³/mol. The normalized spacial score (nSPS) is 11.2. The van der Waals surface area contributed by atoms with Gasteiger partial charge in [0.25, 0.3) is 0 Å². The first-order valence-electron chi connectivity index (χ1n) is 6.93. The summed E-state index contributed by atoms with van der Waals surface area (Å²) in [6, 6.07) is 8.62. The van der Waals surface area contributed by atoms with Crippen molar-refractivity contribution in [2.45, 2.75) is 0 Å². The molecule has 122 valence electrons. The van der Waals surface area contributed by atoms with Gasteiger partial charge >= 0.3 is 0 Å². The van der Waals surface area contributed by atoms with Crippen molar-refractivity contribution < 1.29 is 17.6 Å². The van der Waals surface area contributed by atoms with Gasteiger partial charge in [0.1, 0.15) is 11.8 Å². The highest BCUT2D eigenvalue weighted by Crippen LogP contribution is 2.40. The Bertz CT molecular complexity index is 1210. The second kappa shape index (κ2) is 5.50. The number of nitrogens with zero attached hydrogens (tertiary/aromatic N) is 3. The number of nitriles is 1. The highest BCUT2D eigenvalue weighted by molar-refractivity contribution is 7.15. The van der Waals surface area contributed by atoms with Gasteiger partial charge in [-0.1, -0.05) is 24.3 Å². The second-order valence-electron chi connectivity index (χ2n) is 5.17. The van der Waals surface area contributed by atoms with Crippen LogP contribution in [0.5, 0.6) is 0 Å². The molecule has 0 aliphatic carbocycles. The minimum Gasteiger partial charge on any atom is -0.203 e. The van der Waals surface area contributed by atoms with Gasteiger partial charge in [0.05, 0.1) is 15.6 Å². The van der Waals surface area contributed by atoms with Crippen molar-refractivity contribution in [2.75, 3.05) is 0 Å². The number of halogens is 4. The van der Waals surface area contributed by atoms with Crippen molar-refractivity contribution in [1.29, 1.82) is 5.26 Å². The Labute approximate surface area is 141 Å². The third kappa shape index (κ3) is 2.09. The van der Waals surface area contributed by atoms with E-state index < -0.39 is 39.7 Å². The summed E-state index contributed by atoms with van der Waals surface area (Å²) in [6.45, 7) is 0. The van der Waals surface area contributed by atoms with E-state index in [0.717, 1.165) is 5.39 Å². The summed E-state index contributed by atoms with van der Waals surface area (Å²) < 4.78 is 56.1. The maximum absolute atomic E-state index is 14.5.